The van der Waals surface area contributed by atoms with Gasteiger partial charge in [-0.25, -0.2) is 9.78 Å². The molecule has 0 amide bonds. The first-order valence-corrected chi connectivity index (χ1v) is 7.99. The number of hydrogen-bond acceptors (Lipinski definition) is 4. The molecule has 8 heteroatoms. The molecule has 1 aromatic heterocycles. The summed E-state index contributed by atoms with van der Waals surface area (Å²) in [6, 6.07) is 6.62. The van der Waals surface area contributed by atoms with Gasteiger partial charge in [0.25, 0.3) is 0 Å². The van der Waals surface area contributed by atoms with Crippen LogP contribution in [0.2, 0.25) is 0 Å². The van der Waals surface area contributed by atoms with Crippen molar-refractivity contribution in [2.24, 2.45) is 0 Å². The summed E-state index contributed by atoms with van der Waals surface area (Å²) in [5.74, 6) is -0.126. The Labute approximate surface area is 148 Å². The lowest BCUT2D eigenvalue weighted by Gasteiger charge is -2.20. The molecule has 1 aliphatic rings. The fourth-order valence-electron chi connectivity index (χ4n) is 3.11. The molecule has 0 bridgehead atoms. The van der Waals surface area contributed by atoms with E-state index in [4.69, 9.17) is 9.84 Å². The fourth-order valence-corrected chi connectivity index (χ4v) is 3.11. The van der Waals surface area contributed by atoms with Crippen LogP contribution in [-0.2, 0) is 6.18 Å². The van der Waals surface area contributed by atoms with E-state index in [1.165, 1.54) is 31.5 Å². The number of methoxy groups -OCH3 is 1. The molecule has 5 nitrogen and oxygen atoms in total. The second kappa shape index (κ2) is 6.86. The molecule has 1 atom stereocenters. The fraction of sp³-hybridized carbons (Fsp3) is 0.333. The minimum absolute atomic E-state index is 0.0316. The van der Waals surface area contributed by atoms with Gasteiger partial charge in [-0.2, -0.15) is 13.2 Å². The Kier molecular flexibility index (Phi) is 4.76. The smallest absolute Gasteiger partial charge is 0.416 e. The van der Waals surface area contributed by atoms with Crippen LogP contribution >= 0.6 is 0 Å². The van der Waals surface area contributed by atoms with Gasteiger partial charge in [0.05, 0.1) is 18.2 Å². The first-order chi connectivity index (χ1) is 12.3. The normalized spacial score (nSPS) is 17.4. The molecule has 1 unspecified atom stereocenters. The number of nitrogens with zero attached hydrogens (tertiary/aromatic N) is 2. The molecule has 2 aromatic rings. The van der Waals surface area contributed by atoms with Gasteiger partial charge in [0, 0.05) is 31.3 Å². The lowest BCUT2D eigenvalue weighted by Crippen LogP contribution is -2.21. The van der Waals surface area contributed by atoms with Crippen LogP contribution in [-0.4, -0.2) is 36.3 Å². The van der Waals surface area contributed by atoms with E-state index >= 15 is 0 Å². The average molecular weight is 366 g/mol. The summed E-state index contributed by atoms with van der Waals surface area (Å²) >= 11 is 0. The van der Waals surface area contributed by atoms with Crippen molar-refractivity contribution in [1.29, 1.82) is 0 Å². The average Bonchev–Trinajstić information content (AvgIpc) is 3.10. The van der Waals surface area contributed by atoms with E-state index in [-0.39, 0.29) is 11.5 Å². The molecule has 1 fully saturated rings. The van der Waals surface area contributed by atoms with Crippen LogP contribution in [0.25, 0.3) is 0 Å². The molecule has 0 aliphatic carbocycles. The van der Waals surface area contributed by atoms with Crippen molar-refractivity contribution in [2.45, 2.75) is 18.5 Å². The largest absolute Gasteiger partial charge is 0.493 e. The van der Waals surface area contributed by atoms with E-state index in [2.05, 4.69) is 4.98 Å². The molecular weight excluding hydrogens is 349 g/mol. The maximum absolute atomic E-state index is 12.7. The summed E-state index contributed by atoms with van der Waals surface area (Å²) in [4.78, 5) is 17.2. The Balaban J connectivity index is 1.77. The van der Waals surface area contributed by atoms with Crippen LogP contribution in [0.3, 0.4) is 0 Å². The highest BCUT2D eigenvalue weighted by atomic mass is 19.4. The zero-order chi connectivity index (χ0) is 18.9. The first kappa shape index (κ1) is 18.0. The van der Waals surface area contributed by atoms with Crippen molar-refractivity contribution in [3.63, 3.8) is 0 Å². The monoisotopic (exact) mass is 366 g/mol. The lowest BCUT2D eigenvalue weighted by molar-refractivity contribution is -0.137. The molecule has 26 heavy (non-hydrogen) atoms. The third-order valence-corrected chi connectivity index (χ3v) is 4.50. The van der Waals surface area contributed by atoms with Crippen molar-refractivity contribution >= 4 is 11.8 Å². The van der Waals surface area contributed by atoms with E-state index in [0.717, 1.165) is 24.1 Å². The summed E-state index contributed by atoms with van der Waals surface area (Å²) < 4.78 is 43.3. The molecule has 1 aromatic carbocycles. The van der Waals surface area contributed by atoms with Gasteiger partial charge in [-0.1, -0.05) is 12.1 Å². The molecule has 138 valence electrons. The minimum Gasteiger partial charge on any atom is -0.493 e. The zero-order valence-corrected chi connectivity index (χ0v) is 14.0. The van der Waals surface area contributed by atoms with E-state index < -0.39 is 17.7 Å². The molecule has 0 radical (unpaired) electrons. The summed E-state index contributed by atoms with van der Waals surface area (Å²) in [6.45, 7) is 1.22. The van der Waals surface area contributed by atoms with E-state index in [1.54, 1.807) is 0 Å². The Morgan fingerprint density at radius 3 is 2.58 bits per heavy atom. The van der Waals surface area contributed by atoms with Crippen LogP contribution in [0.15, 0.2) is 36.5 Å². The molecule has 2 heterocycles. The Bertz CT molecular complexity index is 806. The number of carboxylic acids is 1. The van der Waals surface area contributed by atoms with Gasteiger partial charge in [0.2, 0.25) is 0 Å². The number of anilines is 1. The number of carboxylic acid groups (broad SMARTS) is 1. The van der Waals surface area contributed by atoms with Gasteiger partial charge >= 0.3 is 12.1 Å². The summed E-state index contributed by atoms with van der Waals surface area (Å²) in [6.07, 6.45) is -2.31. The highest BCUT2D eigenvalue weighted by molar-refractivity contribution is 5.88. The van der Waals surface area contributed by atoms with Crippen LogP contribution in [0.5, 0.6) is 5.75 Å². The number of rotatable bonds is 4. The Morgan fingerprint density at radius 2 is 2.00 bits per heavy atom. The molecule has 0 saturated carbocycles. The minimum atomic E-state index is -4.34. The zero-order valence-electron chi connectivity index (χ0n) is 14.0. The number of pyridine rings is 1. The highest BCUT2D eigenvalue weighted by Gasteiger charge is 2.31. The number of ether oxygens (including phenoxy) is 1. The number of aromatic nitrogens is 1. The number of aromatic carboxylic acids is 1. The summed E-state index contributed by atoms with van der Waals surface area (Å²) in [7, 11) is 1.44. The van der Waals surface area contributed by atoms with Gasteiger partial charge < -0.3 is 14.7 Å². The van der Waals surface area contributed by atoms with Crippen molar-refractivity contribution < 1.29 is 27.8 Å². The summed E-state index contributed by atoms with van der Waals surface area (Å²) in [5, 5.41) is 9.04. The molecule has 1 N–H and O–H groups in total. The van der Waals surface area contributed by atoms with Gasteiger partial charge in [-0.15, -0.1) is 0 Å². The standard InChI is InChI=1S/C18H17F3N2O3/c1-26-15-8-13(17(24)25)9-22-16(15)23-7-6-12(10-23)11-2-4-14(5-3-11)18(19,20)21/h2-5,8-9,12H,6-7,10H2,1H3,(H,24,25). The summed E-state index contributed by atoms with van der Waals surface area (Å²) in [5.41, 5.74) is 0.203. The quantitative estimate of drug-likeness (QED) is 0.892. The van der Waals surface area contributed by atoms with Crippen molar-refractivity contribution in [3.05, 3.63) is 53.2 Å². The van der Waals surface area contributed by atoms with Crippen LogP contribution in [0, 0.1) is 0 Å². The van der Waals surface area contributed by atoms with E-state index in [9.17, 15) is 18.0 Å². The lowest BCUT2D eigenvalue weighted by atomic mass is 9.97. The second-order valence-corrected chi connectivity index (χ2v) is 6.11. The number of alkyl halides is 3. The van der Waals surface area contributed by atoms with Crippen molar-refractivity contribution in [2.75, 3.05) is 25.1 Å². The van der Waals surface area contributed by atoms with Gasteiger partial charge in [0.1, 0.15) is 0 Å². The maximum atomic E-state index is 12.7. The number of hydrogen-bond donors (Lipinski definition) is 1. The Morgan fingerprint density at radius 1 is 1.31 bits per heavy atom. The Hall–Kier alpha value is -2.77. The van der Waals surface area contributed by atoms with Gasteiger partial charge in [0.15, 0.2) is 11.6 Å². The SMILES string of the molecule is COc1cc(C(=O)O)cnc1N1CCC(c2ccc(C(F)(F)F)cc2)C1. The van der Waals surface area contributed by atoms with Crippen LogP contribution in [0.4, 0.5) is 19.0 Å². The predicted molar refractivity (Wildman–Crippen MR) is 88.8 cm³/mol. The molecule has 1 saturated heterocycles. The second-order valence-electron chi connectivity index (χ2n) is 6.11. The number of halogens is 3. The maximum Gasteiger partial charge on any atom is 0.416 e. The third kappa shape index (κ3) is 3.58. The van der Waals surface area contributed by atoms with Crippen LogP contribution < -0.4 is 9.64 Å². The molecule has 1 aliphatic heterocycles. The number of benzene rings is 1. The highest BCUT2D eigenvalue weighted by Crippen LogP contribution is 2.36. The van der Waals surface area contributed by atoms with Crippen LogP contribution in [0.1, 0.15) is 33.8 Å². The first-order valence-electron chi connectivity index (χ1n) is 7.99. The van der Waals surface area contributed by atoms with Crippen molar-refractivity contribution in [1.82, 2.24) is 4.98 Å². The molecule has 0 spiro atoms. The molecule has 3 rings (SSSR count). The van der Waals surface area contributed by atoms with Crippen molar-refractivity contribution in [3.8, 4) is 5.75 Å². The third-order valence-electron chi connectivity index (χ3n) is 4.50. The van der Waals surface area contributed by atoms with Gasteiger partial charge in [-0.3, -0.25) is 0 Å². The van der Waals surface area contributed by atoms with E-state index in [0.29, 0.717) is 24.7 Å². The van der Waals surface area contributed by atoms with E-state index in [1.807, 2.05) is 4.90 Å². The number of carbonyl (C=O) groups is 1. The predicted octanol–water partition coefficient (Wildman–Crippen LogP) is 3.80. The van der Waals surface area contributed by atoms with Gasteiger partial charge in [-0.05, 0) is 24.1 Å². The molecular formula is C18H17F3N2O3. The topological polar surface area (TPSA) is 62.7 Å².